The Morgan fingerprint density at radius 1 is 1.19 bits per heavy atom. The van der Waals surface area contributed by atoms with E-state index in [9.17, 15) is 4.79 Å². The van der Waals surface area contributed by atoms with Crippen LogP contribution < -0.4 is 15.5 Å². The fraction of sp³-hybridized carbons (Fsp3) is 0.562. The van der Waals surface area contributed by atoms with E-state index in [1.807, 2.05) is 57.1 Å². The Bertz CT molecular complexity index is 476. The van der Waals surface area contributed by atoms with Crippen LogP contribution in [0.3, 0.4) is 0 Å². The standard InChI is InChI=1S/C16H26N4O/c1-16(2,20-11-9-17-10-12-20)15(21)18-13-5-7-14(8-6-13)19(3)4/h5-8,17H,9-12H2,1-4H3,(H,18,21). The van der Waals surface area contributed by atoms with Crippen molar-refractivity contribution >= 4 is 17.3 Å². The van der Waals surface area contributed by atoms with Crippen LogP contribution in [-0.4, -0.2) is 56.6 Å². The lowest BCUT2D eigenvalue weighted by molar-refractivity contribution is -0.126. The van der Waals surface area contributed by atoms with E-state index in [2.05, 4.69) is 15.5 Å². The number of hydrogen-bond acceptors (Lipinski definition) is 4. The summed E-state index contributed by atoms with van der Waals surface area (Å²) in [5.41, 5.74) is 1.46. The second kappa shape index (κ2) is 6.45. The number of rotatable bonds is 4. The third-order valence-electron chi connectivity index (χ3n) is 4.10. The molecule has 1 aliphatic heterocycles. The van der Waals surface area contributed by atoms with Gasteiger partial charge in [-0.25, -0.2) is 0 Å². The molecule has 1 amide bonds. The van der Waals surface area contributed by atoms with Gasteiger partial charge in [0.15, 0.2) is 0 Å². The number of nitrogens with one attached hydrogen (secondary N) is 2. The predicted molar refractivity (Wildman–Crippen MR) is 87.9 cm³/mol. The van der Waals surface area contributed by atoms with Crippen molar-refractivity contribution in [3.05, 3.63) is 24.3 Å². The van der Waals surface area contributed by atoms with Crippen LogP contribution in [0.1, 0.15) is 13.8 Å². The topological polar surface area (TPSA) is 47.6 Å². The van der Waals surface area contributed by atoms with E-state index >= 15 is 0 Å². The maximum Gasteiger partial charge on any atom is 0.244 e. The fourth-order valence-corrected chi connectivity index (χ4v) is 2.49. The number of nitrogens with zero attached hydrogens (tertiary/aromatic N) is 2. The maximum atomic E-state index is 12.6. The van der Waals surface area contributed by atoms with Crippen molar-refractivity contribution in [3.8, 4) is 0 Å². The number of carbonyl (C=O) groups excluding carboxylic acids is 1. The molecule has 5 heteroatoms. The van der Waals surface area contributed by atoms with Gasteiger partial charge in [-0.1, -0.05) is 0 Å². The summed E-state index contributed by atoms with van der Waals surface area (Å²) in [4.78, 5) is 16.8. The summed E-state index contributed by atoms with van der Waals surface area (Å²) in [7, 11) is 4.00. The highest BCUT2D eigenvalue weighted by Gasteiger charge is 2.35. The minimum Gasteiger partial charge on any atom is -0.378 e. The molecule has 0 atom stereocenters. The van der Waals surface area contributed by atoms with E-state index in [-0.39, 0.29) is 5.91 Å². The van der Waals surface area contributed by atoms with E-state index in [0.717, 1.165) is 37.6 Å². The van der Waals surface area contributed by atoms with Gasteiger partial charge >= 0.3 is 0 Å². The third-order valence-corrected chi connectivity index (χ3v) is 4.10. The van der Waals surface area contributed by atoms with Gasteiger partial charge < -0.3 is 15.5 Å². The lowest BCUT2D eigenvalue weighted by Crippen LogP contribution is -2.58. The van der Waals surface area contributed by atoms with Crippen molar-refractivity contribution in [1.82, 2.24) is 10.2 Å². The van der Waals surface area contributed by atoms with Crippen LogP contribution in [0.15, 0.2) is 24.3 Å². The zero-order valence-electron chi connectivity index (χ0n) is 13.4. The van der Waals surface area contributed by atoms with Gasteiger partial charge in [-0.2, -0.15) is 0 Å². The maximum absolute atomic E-state index is 12.6. The van der Waals surface area contributed by atoms with Gasteiger partial charge in [0.2, 0.25) is 5.91 Å². The Morgan fingerprint density at radius 3 is 2.29 bits per heavy atom. The van der Waals surface area contributed by atoms with Crippen LogP contribution in [0, 0.1) is 0 Å². The monoisotopic (exact) mass is 290 g/mol. The van der Waals surface area contributed by atoms with Gasteiger partial charge in [0, 0.05) is 51.6 Å². The third kappa shape index (κ3) is 3.74. The highest BCUT2D eigenvalue weighted by molar-refractivity contribution is 5.97. The molecule has 1 heterocycles. The Morgan fingerprint density at radius 2 is 1.76 bits per heavy atom. The summed E-state index contributed by atoms with van der Waals surface area (Å²) < 4.78 is 0. The predicted octanol–water partition coefficient (Wildman–Crippen LogP) is 1.37. The molecule has 1 aromatic carbocycles. The summed E-state index contributed by atoms with van der Waals surface area (Å²) in [6.45, 7) is 7.66. The molecule has 21 heavy (non-hydrogen) atoms. The average Bonchev–Trinajstić information content (AvgIpc) is 2.48. The molecular weight excluding hydrogens is 264 g/mol. The molecule has 0 radical (unpaired) electrons. The number of amides is 1. The van der Waals surface area contributed by atoms with Crippen molar-refractivity contribution in [1.29, 1.82) is 0 Å². The van der Waals surface area contributed by atoms with Crippen molar-refractivity contribution in [2.75, 3.05) is 50.5 Å². The molecule has 0 unspecified atom stereocenters. The van der Waals surface area contributed by atoms with Crippen molar-refractivity contribution in [3.63, 3.8) is 0 Å². The van der Waals surface area contributed by atoms with E-state index in [1.54, 1.807) is 0 Å². The van der Waals surface area contributed by atoms with Crippen LogP contribution in [0.2, 0.25) is 0 Å². The second-order valence-corrected chi connectivity index (χ2v) is 6.19. The first-order valence-electron chi connectivity index (χ1n) is 7.46. The minimum atomic E-state index is -0.498. The number of hydrogen-bond donors (Lipinski definition) is 2. The van der Waals surface area contributed by atoms with Crippen molar-refractivity contribution in [2.24, 2.45) is 0 Å². The highest BCUT2D eigenvalue weighted by atomic mass is 16.2. The van der Waals surface area contributed by atoms with Gasteiger partial charge in [-0.3, -0.25) is 9.69 Å². The van der Waals surface area contributed by atoms with Gasteiger partial charge in [-0.15, -0.1) is 0 Å². The summed E-state index contributed by atoms with van der Waals surface area (Å²) in [6.07, 6.45) is 0. The molecule has 1 saturated heterocycles. The Hall–Kier alpha value is -1.59. The van der Waals surface area contributed by atoms with Gasteiger partial charge in [-0.05, 0) is 38.1 Å². The Labute approximate surface area is 127 Å². The zero-order valence-corrected chi connectivity index (χ0v) is 13.4. The van der Waals surface area contributed by atoms with Crippen LogP contribution >= 0.6 is 0 Å². The van der Waals surface area contributed by atoms with E-state index < -0.39 is 5.54 Å². The largest absolute Gasteiger partial charge is 0.378 e. The van der Waals surface area contributed by atoms with Crippen LogP contribution in [0.4, 0.5) is 11.4 Å². The smallest absolute Gasteiger partial charge is 0.244 e. The summed E-state index contributed by atoms with van der Waals surface area (Å²) in [5, 5.41) is 6.34. The van der Waals surface area contributed by atoms with Gasteiger partial charge in [0.05, 0.1) is 5.54 Å². The molecule has 1 aliphatic rings. The molecule has 1 fully saturated rings. The van der Waals surface area contributed by atoms with E-state index in [1.165, 1.54) is 0 Å². The summed E-state index contributed by atoms with van der Waals surface area (Å²) in [5.74, 6) is 0.0435. The van der Waals surface area contributed by atoms with Crippen LogP contribution in [-0.2, 0) is 4.79 Å². The van der Waals surface area contributed by atoms with Gasteiger partial charge in [0.25, 0.3) is 0 Å². The van der Waals surface area contributed by atoms with Crippen molar-refractivity contribution < 1.29 is 4.79 Å². The SMILES string of the molecule is CN(C)c1ccc(NC(=O)C(C)(C)N2CCNCC2)cc1. The molecule has 116 valence electrons. The molecule has 5 nitrogen and oxygen atoms in total. The lowest BCUT2D eigenvalue weighted by atomic mass is 10.0. The van der Waals surface area contributed by atoms with Gasteiger partial charge in [0.1, 0.15) is 0 Å². The molecule has 2 N–H and O–H groups in total. The first-order valence-corrected chi connectivity index (χ1v) is 7.46. The Kier molecular flexibility index (Phi) is 4.85. The van der Waals surface area contributed by atoms with E-state index in [4.69, 9.17) is 0 Å². The number of benzene rings is 1. The average molecular weight is 290 g/mol. The molecule has 1 aromatic rings. The number of anilines is 2. The lowest BCUT2D eigenvalue weighted by Gasteiger charge is -2.39. The molecule has 0 saturated carbocycles. The first kappa shape index (κ1) is 15.8. The second-order valence-electron chi connectivity index (χ2n) is 6.19. The quantitative estimate of drug-likeness (QED) is 0.879. The Balaban J connectivity index is 2.02. The first-order chi connectivity index (χ1) is 9.91. The zero-order chi connectivity index (χ0) is 15.5. The number of carbonyl (C=O) groups is 1. The summed E-state index contributed by atoms with van der Waals surface area (Å²) in [6, 6.07) is 7.91. The molecule has 0 bridgehead atoms. The molecule has 0 spiro atoms. The van der Waals surface area contributed by atoms with Crippen LogP contribution in [0.25, 0.3) is 0 Å². The highest BCUT2D eigenvalue weighted by Crippen LogP contribution is 2.20. The van der Waals surface area contributed by atoms with Crippen molar-refractivity contribution in [2.45, 2.75) is 19.4 Å². The van der Waals surface area contributed by atoms with E-state index in [0.29, 0.717) is 0 Å². The minimum absolute atomic E-state index is 0.0435. The fourth-order valence-electron chi connectivity index (χ4n) is 2.49. The van der Waals surface area contributed by atoms with Crippen LogP contribution in [0.5, 0.6) is 0 Å². The molecule has 0 aliphatic carbocycles. The summed E-state index contributed by atoms with van der Waals surface area (Å²) >= 11 is 0. The molecule has 0 aromatic heterocycles. The number of piperazine rings is 1. The normalized spacial score (nSPS) is 16.6. The molecular formula is C16H26N4O. The molecule has 2 rings (SSSR count).